The van der Waals surface area contributed by atoms with Gasteiger partial charge in [0.15, 0.2) is 0 Å². The van der Waals surface area contributed by atoms with Gasteiger partial charge in [-0.05, 0) is 41.9 Å². The molecule has 0 aliphatic rings. The number of benzene rings is 1. The molecule has 2 heterocycles. The number of pyridine rings is 1. The summed E-state index contributed by atoms with van der Waals surface area (Å²) in [4.78, 5) is 17.1. The van der Waals surface area contributed by atoms with Crippen LogP contribution < -0.4 is 14.8 Å². The van der Waals surface area contributed by atoms with Gasteiger partial charge in [-0.15, -0.1) is 5.10 Å². The molecule has 0 aliphatic carbocycles. The molecule has 30 heavy (non-hydrogen) atoms. The van der Waals surface area contributed by atoms with E-state index in [1.54, 1.807) is 25.1 Å². The van der Waals surface area contributed by atoms with Gasteiger partial charge in [-0.3, -0.25) is 15.1 Å². The molecule has 1 amide bonds. The number of anilines is 1. The average Bonchev–Trinajstić information content (AvgIpc) is 3.12. The summed E-state index contributed by atoms with van der Waals surface area (Å²) < 4.78 is 25.6. The van der Waals surface area contributed by atoms with Gasteiger partial charge in [-0.1, -0.05) is 31.9 Å². The number of halogens is 1. The maximum absolute atomic E-state index is 14.6. The van der Waals surface area contributed by atoms with E-state index in [2.05, 4.69) is 20.5 Å². The Labute approximate surface area is 178 Å². The zero-order chi connectivity index (χ0) is 21.9. The smallest absolute Gasteiger partial charge is 0.295 e. The number of aromatic nitrogens is 3. The summed E-state index contributed by atoms with van der Waals surface area (Å²) in [5, 5.41) is 11.2. The molecule has 0 saturated heterocycles. The van der Waals surface area contributed by atoms with Crippen LogP contribution in [0.5, 0.6) is 10.9 Å². The van der Waals surface area contributed by atoms with E-state index in [0.29, 0.717) is 28.8 Å². The minimum atomic E-state index is -0.497. The number of carbonyl (C=O) groups is 1. The first-order valence-electron chi connectivity index (χ1n) is 9.25. The number of carbonyl (C=O) groups excluding carboxylic acids is 1. The Balaban J connectivity index is 1.89. The molecular weight excluding hydrogens is 407 g/mol. The molecule has 3 rings (SSSR count). The molecule has 0 unspecified atom stereocenters. The standard InChI is InChI=1S/C21H23FN4O3S/c1-12-9-13(17-15(22)7-6-8-16(17)28-5)14(10-23-12)18(27)24-19-25-26-20(30-19)29-11-21(2,3)4/h6-10H,11H2,1-5H3,(H,24,25,27). The highest BCUT2D eigenvalue weighted by atomic mass is 32.1. The number of rotatable bonds is 6. The van der Waals surface area contributed by atoms with Crippen LogP contribution in [-0.4, -0.2) is 34.8 Å². The summed E-state index contributed by atoms with van der Waals surface area (Å²) in [6.07, 6.45) is 1.41. The molecule has 0 radical (unpaired) electrons. The number of hydrogen-bond acceptors (Lipinski definition) is 7. The summed E-state index contributed by atoms with van der Waals surface area (Å²) in [7, 11) is 1.45. The number of aryl methyl sites for hydroxylation is 1. The fraction of sp³-hybridized carbons (Fsp3) is 0.333. The first-order chi connectivity index (χ1) is 14.2. The lowest BCUT2D eigenvalue weighted by molar-refractivity contribution is 0.102. The third-order valence-corrected chi connectivity index (χ3v) is 4.76. The first kappa shape index (κ1) is 21.6. The number of nitrogens with one attached hydrogen (secondary N) is 1. The summed E-state index contributed by atoms with van der Waals surface area (Å²) >= 11 is 1.12. The molecule has 0 saturated carbocycles. The van der Waals surface area contributed by atoms with Gasteiger partial charge in [0.25, 0.3) is 11.1 Å². The van der Waals surface area contributed by atoms with Crippen molar-refractivity contribution in [2.24, 2.45) is 5.41 Å². The predicted molar refractivity (Wildman–Crippen MR) is 114 cm³/mol. The van der Waals surface area contributed by atoms with Crippen molar-refractivity contribution in [3.63, 3.8) is 0 Å². The molecule has 0 spiro atoms. The second-order valence-corrected chi connectivity index (χ2v) is 8.81. The Morgan fingerprint density at radius 3 is 2.73 bits per heavy atom. The van der Waals surface area contributed by atoms with E-state index in [1.165, 1.54) is 19.4 Å². The monoisotopic (exact) mass is 430 g/mol. The van der Waals surface area contributed by atoms with E-state index in [4.69, 9.17) is 9.47 Å². The van der Waals surface area contributed by atoms with Gasteiger partial charge in [-0.2, -0.15) is 0 Å². The van der Waals surface area contributed by atoms with E-state index in [-0.39, 0.29) is 21.7 Å². The van der Waals surface area contributed by atoms with Gasteiger partial charge in [0.2, 0.25) is 5.13 Å². The van der Waals surface area contributed by atoms with Crippen LogP contribution >= 0.6 is 11.3 Å². The van der Waals surface area contributed by atoms with Crippen LogP contribution in [0.15, 0.2) is 30.5 Å². The minimum absolute atomic E-state index is 0.0314. The third kappa shape index (κ3) is 5.10. The third-order valence-electron chi connectivity index (χ3n) is 4.01. The molecule has 7 nitrogen and oxygen atoms in total. The van der Waals surface area contributed by atoms with Crippen molar-refractivity contribution in [2.75, 3.05) is 19.0 Å². The Morgan fingerprint density at radius 1 is 1.27 bits per heavy atom. The van der Waals surface area contributed by atoms with Crippen molar-refractivity contribution >= 4 is 22.4 Å². The first-order valence-corrected chi connectivity index (χ1v) is 10.1. The molecule has 9 heteroatoms. The van der Waals surface area contributed by atoms with E-state index < -0.39 is 11.7 Å². The normalized spacial score (nSPS) is 11.3. The molecule has 0 atom stereocenters. The maximum atomic E-state index is 14.6. The minimum Gasteiger partial charge on any atom is -0.496 e. The van der Waals surface area contributed by atoms with E-state index in [9.17, 15) is 9.18 Å². The summed E-state index contributed by atoms with van der Waals surface area (Å²) in [5.41, 5.74) is 1.37. The fourth-order valence-electron chi connectivity index (χ4n) is 2.64. The summed E-state index contributed by atoms with van der Waals surface area (Å²) in [6.45, 7) is 8.36. The van der Waals surface area contributed by atoms with Crippen molar-refractivity contribution in [1.82, 2.24) is 15.2 Å². The molecule has 0 aliphatic heterocycles. The Hall–Kier alpha value is -3.07. The number of amides is 1. The van der Waals surface area contributed by atoms with Crippen LogP contribution in [0.1, 0.15) is 36.8 Å². The molecule has 0 bridgehead atoms. The number of ether oxygens (including phenoxy) is 2. The Bertz CT molecular complexity index is 1060. The second-order valence-electron chi connectivity index (χ2n) is 7.86. The highest BCUT2D eigenvalue weighted by molar-refractivity contribution is 7.17. The number of nitrogens with zero attached hydrogens (tertiary/aromatic N) is 3. The highest BCUT2D eigenvalue weighted by Gasteiger charge is 2.21. The van der Waals surface area contributed by atoms with Gasteiger partial charge < -0.3 is 9.47 Å². The van der Waals surface area contributed by atoms with Crippen molar-refractivity contribution < 1.29 is 18.7 Å². The van der Waals surface area contributed by atoms with Gasteiger partial charge in [0, 0.05) is 17.5 Å². The highest BCUT2D eigenvalue weighted by Crippen LogP contribution is 2.35. The zero-order valence-electron chi connectivity index (χ0n) is 17.4. The summed E-state index contributed by atoms with van der Waals surface area (Å²) in [6, 6.07) is 6.15. The second kappa shape index (κ2) is 8.74. The molecule has 158 valence electrons. The summed E-state index contributed by atoms with van der Waals surface area (Å²) in [5.74, 6) is -0.660. The van der Waals surface area contributed by atoms with Crippen LogP contribution in [0.3, 0.4) is 0 Å². The lowest BCUT2D eigenvalue weighted by Gasteiger charge is -2.16. The lowest BCUT2D eigenvalue weighted by atomic mass is 9.98. The fourth-order valence-corrected chi connectivity index (χ4v) is 3.24. The van der Waals surface area contributed by atoms with Gasteiger partial charge in [-0.25, -0.2) is 4.39 Å². The molecule has 3 aromatic rings. The van der Waals surface area contributed by atoms with Crippen molar-refractivity contribution in [3.8, 4) is 22.1 Å². The van der Waals surface area contributed by atoms with Gasteiger partial charge in [0.1, 0.15) is 11.6 Å². The average molecular weight is 431 g/mol. The largest absolute Gasteiger partial charge is 0.496 e. The van der Waals surface area contributed by atoms with E-state index >= 15 is 0 Å². The Morgan fingerprint density at radius 2 is 2.03 bits per heavy atom. The topological polar surface area (TPSA) is 86.2 Å². The molecular formula is C21H23FN4O3S. The van der Waals surface area contributed by atoms with Crippen LogP contribution in [0.4, 0.5) is 9.52 Å². The van der Waals surface area contributed by atoms with Crippen molar-refractivity contribution in [2.45, 2.75) is 27.7 Å². The number of hydrogen-bond donors (Lipinski definition) is 1. The molecule has 0 fully saturated rings. The maximum Gasteiger partial charge on any atom is 0.295 e. The van der Waals surface area contributed by atoms with E-state index in [0.717, 1.165) is 11.3 Å². The van der Waals surface area contributed by atoms with Crippen LogP contribution in [0, 0.1) is 18.2 Å². The zero-order valence-corrected chi connectivity index (χ0v) is 18.3. The Kier molecular flexibility index (Phi) is 6.31. The van der Waals surface area contributed by atoms with Crippen LogP contribution in [0.25, 0.3) is 11.1 Å². The number of methoxy groups -OCH3 is 1. The molecule has 1 aromatic carbocycles. The van der Waals surface area contributed by atoms with Crippen molar-refractivity contribution in [1.29, 1.82) is 0 Å². The van der Waals surface area contributed by atoms with Gasteiger partial charge >= 0.3 is 0 Å². The predicted octanol–water partition coefficient (Wildman–Crippen LogP) is 4.73. The van der Waals surface area contributed by atoms with Gasteiger partial charge in [0.05, 0.1) is 24.8 Å². The molecule has 1 N–H and O–H groups in total. The molecule has 2 aromatic heterocycles. The SMILES string of the molecule is COc1cccc(F)c1-c1cc(C)ncc1C(=O)Nc1nnc(OCC(C)(C)C)s1. The lowest BCUT2D eigenvalue weighted by Crippen LogP contribution is -2.16. The van der Waals surface area contributed by atoms with Crippen LogP contribution in [-0.2, 0) is 0 Å². The van der Waals surface area contributed by atoms with Crippen LogP contribution in [0.2, 0.25) is 0 Å². The van der Waals surface area contributed by atoms with E-state index in [1.807, 2.05) is 20.8 Å². The quantitative estimate of drug-likeness (QED) is 0.608. The van der Waals surface area contributed by atoms with Crippen molar-refractivity contribution in [3.05, 3.63) is 47.5 Å².